The van der Waals surface area contributed by atoms with Crippen LogP contribution in [0, 0.1) is 0 Å². The van der Waals surface area contributed by atoms with E-state index in [2.05, 4.69) is 0 Å². The average Bonchev–Trinajstić information content (AvgIpc) is 2.32. The first-order valence-electron chi connectivity index (χ1n) is 4.59. The largest absolute Gasteiger partial charge is 0.493 e. The number of carbonyl (C=O) groups is 1. The fourth-order valence-corrected chi connectivity index (χ4v) is 1.69. The van der Waals surface area contributed by atoms with Gasteiger partial charge in [0, 0.05) is 0 Å². The van der Waals surface area contributed by atoms with Crippen molar-refractivity contribution in [1.82, 2.24) is 0 Å². The van der Waals surface area contributed by atoms with Crippen LogP contribution in [-0.4, -0.2) is 18.2 Å². The molecular weight excluding hydrogens is 248 g/mol. The number of carboxylic acids is 1. The van der Waals surface area contributed by atoms with Gasteiger partial charge in [0.15, 0.2) is 11.3 Å². The minimum absolute atomic E-state index is 0.0711. The highest BCUT2D eigenvalue weighted by Crippen LogP contribution is 2.26. The van der Waals surface area contributed by atoms with Crippen molar-refractivity contribution in [2.24, 2.45) is 0 Å². The smallest absolute Gasteiger partial charge is 0.373 e. The van der Waals surface area contributed by atoms with Crippen LogP contribution >= 0.6 is 11.6 Å². The van der Waals surface area contributed by atoms with E-state index >= 15 is 0 Å². The Morgan fingerprint density at radius 2 is 2.18 bits per heavy atom. The molecule has 0 spiro atoms. The third-order valence-electron chi connectivity index (χ3n) is 2.24. The van der Waals surface area contributed by atoms with E-state index in [0.29, 0.717) is 0 Å². The van der Waals surface area contributed by atoms with E-state index in [0.717, 1.165) is 0 Å². The lowest BCUT2D eigenvalue weighted by atomic mass is 10.2. The van der Waals surface area contributed by atoms with Gasteiger partial charge >= 0.3 is 5.97 Å². The van der Waals surface area contributed by atoms with E-state index in [1.807, 2.05) is 0 Å². The molecule has 1 aromatic heterocycles. The van der Waals surface area contributed by atoms with E-state index in [4.69, 9.17) is 25.9 Å². The molecule has 5 nitrogen and oxygen atoms in total. The first-order valence-corrected chi connectivity index (χ1v) is 4.96. The molecule has 0 saturated carbocycles. The molecule has 1 heterocycles. The summed E-state index contributed by atoms with van der Waals surface area (Å²) in [5.74, 6) is -1.72. The van der Waals surface area contributed by atoms with Gasteiger partial charge in [-0.2, -0.15) is 0 Å². The molecule has 2 rings (SSSR count). The first kappa shape index (κ1) is 11.5. The number of aromatic carboxylic acids is 1. The van der Waals surface area contributed by atoms with E-state index < -0.39 is 22.2 Å². The number of carboxylic acid groups (broad SMARTS) is 1. The number of para-hydroxylation sites is 1. The number of hydrogen-bond acceptors (Lipinski definition) is 4. The second kappa shape index (κ2) is 4.10. The second-order valence-electron chi connectivity index (χ2n) is 3.22. The van der Waals surface area contributed by atoms with Gasteiger partial charge in [0.25, 0.3) is 0 Å². The Morgan fingerprint density at radius 1 is 1.47 bits per heavy atom. The highest BCUT2D eigenvalue weighted by Gasteiger charge is 2.19. The molecule has 0 aliphatic carbocycles. The van der Waals surface area contributed by atoms with Gasteiger partial charge in [0.1, 0.15) is 5.02 Å². The lowest BCUT2D eigenvalue weighted by Crippen LogP contribution is -2.09. The van der Waals surface area contributed by atoms with Crippen LogP contribution in [0.3, 0.4) is 0 Å². The Morgan fingerprint density at radius 3 is 2.76 bits per heavy atom. The minimum atomic E-state index is -1.40. The van der Waals surface area contributed by atoms with Gasteiger partial charge in [-0.15, -0.1) is 0 Å². The van der Waals surface area contributed by atoms with Gasteiger partial charge in [0.2, 0.25) is 11.2 Å². The number of hydrogen-bond donors (Lipinski definition) is 1. The van der Waals surface area contributed by atoms with Crippen LogP contribution in [0.2, 0.25) is 5.02 Å². The van der Waals surface area contributed by atoms with Crippen molar-refractivity contribution in [2.45, 2.75) is 0 Å². The maximum absolute atomic E-state index is 11.8. The number of fused-ring (bicyclic) bond motifs is 1. The van der Waals surface area contributed by atoms with Gasteiger partial charge in [0.05, 0.1) is 12.5 Å². The van der Waals surface area contributed by atoms with Crippen molar-refractivity contribution < 1.29 is 19.1 Å². The van der Waals surface area contributed by atoms with Crippen LogP contribution in [0.15, 0.2) is 27.4 Å². The molecule has 0 unspecified atom stereocenters. The molecular formula is C11H7ClO5. The van der Waals surface area contributed by atoms with Gasteiger partial charge in [-0.05, 0) is 12.1 Å². The molecule has 0 radical (unpaired) electrons. The van der Waals surface area contributed by atoms with Crippen LogP contribution in [-0.2, 0) is 0 Å². The lowest BCUT2D eigenvalue weighted by molar-refractivity contribution is 0.0663. The maximum atomic E-state index is 11.8. The van der Waals surface area contributed by atoms with Crippen molar-refractivity contribution in [2.75, 3.05) is 7.11 Å². The van der Waals surface area contributed by atoms with Gasteiger partial charge in [-0.3, -0.25) is 4.79 Å². The maximum Gasteiger partial charge on any atom is 0.373 e. The molecule has 1 aromatic carbocycles. The first-order chi connectivity index (χ1) is 8.06. The Hall–Kier alpha value is -2.01. The summed E-state index contributed by atoms with van der Waals surface area (Å²) in [6.45, 7) is 0. The molecule has 0 atom stereocenters. The van der Waals surface area contributed by atoms with E-state index in [1.54, 1.807) is 12.1 Å². The van der Waals surface area contributed by atoms with Crippen LogP contribution in [0.1, 0.15) is 10.6 Å². The second-order valence-corrected chi connectivity index (χ2v) is 3.59. The van der Waals surface area contributed by atoms with Gasteiger partial charge < -0.3 is 14.3 Å². The quantitative estimate of drug-likeness (QED) is 0.889. The molecule has 0 bridgehead atoms. The Labute approximate surface area is 100 Å². The summed E-state index contributed by atoms with van der Waals surface area (Å²) >= 11 is 5.63. The summed E-state index contributed by atoms with van der Waals surface area (Å²) in [4.78, 5) is 22.7. The van der Waals surface area contributed by atoms with Crippen LogP contribution < -0.4 is 10.2 Å². The molecule has 1 N–H and O–H groups in total. The number of methoxy groups -OCH3 is 1. The number of benzene rings is 1. The molecule has 0 saturated heterocycles. The van der Waals surface area contributed by atoms with Gasteiger partial charge in [-0.25, -0.2) is 4.79 Å². The van der Waals surface area contributed by atoms with E-state index in [9.17, 15) is 9.59 Å². The highest BCUT2D eigenvalue weighted by atomic mass is 35.5. The summed E-state index contributed by atoms with van der Waals surface area (Å²) in [6, 6.07) is 4.64. The Kier molecular flexibility index (Phi) is 2.77. The summed E-state index contributed by atoms with van der Waals surface area (Å²) in [6.07, 6.45) is 0. The third-order valence-corrected chi connectivity index (χ3v) is 2.58. The summed E-state index contributed by atoms with van der Waals surface area (Å²) in [5, 5.41) is 8.59. The molecule has 0 aliphatic heterocycles. The van der Waals surface area contributed by atoms with Gasteiger partial charge in [-0.1, -0.05) is 17.7 Å². The number of halogens is 1. The van der Waals surface area contributed by atoms with Crippen molar-refractivity contribution in [1.29, 1.82) is 0 Å². The lowest BCUT2D eigenvalue weighted by Gasteiger charge is -2.05. The molecule has 0 aliphatic rings. The standard InChI is InChI=1S/C11H7ClO5/c1-16-6-4-2-3-5-8(13)7(12)10(11(14)15)17-9(5)6/h2-4H,1H3,(H,14,15). The van der Waals surface area contributed by atoms with E-state index in [1.165, 1.54) is 13.2 Å². The van der Waals surface area contributed by atoms with Crippen molar-refractivity contribution in [3.05, 3.63) is 39.2 Å². The molecule has 88 valence electrons. The molecule has 2 aromatic rings. The van der Waals surface area contributed by atoms with Crippen LogP contribution in [0.5, 0.6) is 5.75 Å². The molecule has 0 fully saturated rings. The fourth-order valence-electron chi connectivity index (χ4n) is 1.47. The monoisotopic (exact) mass is 254 g/mol. The summed E-state index contributed by atoms with van der Waals surface area (Å²) < 4.78 is 10.1. The minimum Gasteiger partial charge on any atom is -0.493 e. The number of rotatable bonds is 2. The SMILES string of the molecule is COc1cccc2c(=O)c(Cl)c(C(=O)O)oc12. The van der Waals surface area contributed by atoms with E-state index in [-0.39, 0.29) is 16.7 Å². The normalized spacial score (nSPS) is 10.5. The molecule has 17 heavy (non-hydrogen) atoms. The van der Waals surface area contributed by atoms with Crippen molar-refractivity contribution >= 4 is 28.5 Å². The van der Waals surface area contributed by atoms with Crippen LogP contribution in [0.25, 0.3) is 11.0 Å². The third kappa shape index (κ3) is 1.74. The topological polar surface area (TPSA) is 76.7 Å². The highest BCUT2D eigenvalue weighted by molar-refractivity contribution is 6.33. The predicted octanol–water partition coefficient (Wildman–Crippen LogP) is 2.15. The zero-order valence-electron chi connectivity index (χ0n) is 8.69. The van der Waals surface area contributed by atoms with Crippen LogP contribution in [0.4, 0.5) is 0 Å². The zero-order chi connectivity index (χ0) is 12.6. The predicted molar refractivity (Wildman–Crippen MR) is 61.0 cm³/mol. The Balaban J connectivity index is 2.96. The van der Waals surface area contributed by atoms with Crippen molar-refractivity contribution in [3.8, 4) is 5.75 Å². The molecule has 6 heteroatoms. The van der Waals surface area contributed by atoms with Crippen molar-refractivity contribution in [3.63, 3.8) is 0 Å². The number of ether oxygens (including phenoxy) is 1. The average molecular weight is 255 g/mol. The zero-order valence-corrected chi connectivity index (χ0v) is 9.45. The Bertz CT molecular complexity index is 659. The molecule has 0 amide bonds. The summed E-state index contributed by atoms with van der Waals surface area (Å²) in [5.41, 5.74) is -0.522. The summed E-state index contributed by atoms with van der Waals surface area (Å²) in [7, 11) is 1.39. The fraction of sp³-hybridized carbons (Fsp3) is 0.0909.